The third kappa shape index (κ3) is 8.42. The number of benzene rings is 1. The highest BCUT2D eigenvalue weighted by molar-refractivity contribution is 6.31. The minimum atomic E-state index is -0.584. The largest absolute Gasteiger partial charge is 0.871 e. The molecule has 1 saturated heterocycles. The topological polar surface area (TPSA) is 194 Å². The van der Waals surface area contributed by atoms with Gasteiger partial charge in [0.1, 0.15) is 18.9 Å². The van der Waals surface area contributed by atoms with Gasteiger partial charge >= 0.3 is 0 Å². The van der Waals surface area contributed by atoms with E-state index in [1.807, 2.05) is 30.0 Å². The quantitative estimate of drug-likeness (QED) is 0.142. The molecule has 4 heterocycles. The number of halogens is 1. The number of imidazole rings is 1. The number of nitrogen functional groups attached to an aromatic ring is 2. The van der Waals surface area contributed by atoms with Gasteiger partial charge in [0, 0.05) is 56.2 Å². The molecular formula is C33H44ClN9O5. The van der Waals surface area contributed by atoms with Crippen LogP contribution in [-0.2, 0) is 30.9 Å². The molecule has 0 aliphatic carbocycles. The van der Waals surface area contributed by atoms with E-state index in [9.17, 15) is 15.0 Å². The Morgan fingerprint density at radius 1 is 1.23 bits per heavy atom. The molecule has 5 rings (SSSR count). The molecule has 3 aromatic heterocycles. The van der Waals surface area contributed by atoms with Crippen molar-refractivity contribution in [3.63, 3.8) is 0 Å². The number of ether oxygens (including phenoxy) is 2. The Balaban J connectivity index is 1.37. The van der Waals surface area contributed by atoms with Crippen LogP contribution in [0.15, 0.2) is 30.3 Å². The summed E-state index contributed by atoms with van der Waals surface area (Å²) in [7, 11) is 0. The summed E-state index contributed by atoms with van der Waals surface area (Å²) in [5, 5.41) is 25.3. The van der Waals surface area contributed by atoms with Crippen molar-refractivity contribution in [2.75, 3.05) is 44.4 Å². The van der Waals surface area contributed by atoms with E-state index in [-0.39, 0.29) is 34.8 Å². The second-order valence-corrected chi connectivity index (χ2v) is 12.5. The van der Waals surface area contributed by atoms with Gasteiger partial charge in [-0.05, 0) is 51.8 Å². The number of nitrogens with one attached hydrogen (secondary N) is 1. The van der Waals surface area contributed by atoms with Gasteiger partial charge in [0.05, 0.1) is 19.2 Å². The number of amides is 1. The molecule has 15 heteroatoms. The second kappa shape index (κ2) is 15.8. The van der Waals surface area contributed by atoms with Crippen molar-refractivity contribution in [2.45, 2.75) is 65.9 Å². The zero-order valence-corrected chi connectivity index (χ0v) is 28.4. The van der Waals surface area contributed by atoms with Gasteiger partial charge in [-0.2, -0.15) is 0 Å². The zero-order chi connectivity index (χ0) is 34.4. The fraction of sp³-hybridized carbons (Fsp3) is 0.485. The number of rotatable bonds is 14. The predicted octanol–water partition coefficient (Wildman–Crippen LogP) is 1.95. The second-order valence-electron chi connectivity index (χ2n) is 12.1. The van der Waals surface area contributed by atoms with Gasteiger partial charge in [0.15, 0.2) is 33.5 Å². The molecule has 1 aliphatic heterocycles. The number of fused-ring (bicyclic) bond motifs is 1. The lowest BCUT2D eigenvalue weighted by Crippen LogP contribution is -2.44. The fourth-order valence-electron chi connectivity index (χ4n) is 6.07. The first-order valence-electron chi connectivity index (χ1n) is 16.2. The average Bonchev–Trinajstić information content (AvgIpc) is 3.34. The van der Waals surface area contributed by atoms with E-state index in [0.717, 1.165) is 55.2 Å². The fourth-order valence-corrected chi connectivity index (χ4v) is 6.20. The van der Waals surface area contributed by atoms with Gasteiger partial charge in [-0.15, -0.1) is 0 Å². The SMILES string of the molecule is CCn1c(CNC(=O)c2nc(Cl)c(N)nc2N)[n+](CC2CCOCC2)c2ccc(OCCN(Cc3nc(C)ccc3[O-])C[C@H](C)O)cc21. The van der Waals surface area contributed by atoms with Gasteiger partial charge in [-0.1, -0.05) is 23.4 Å². The van der Waals surface area contributed by atoms with E-state index in [1.54, 1.807) is 13.0 Å². The number of hydrogen-bond donors (Lipinski definition) is 4. The number of aliphatic hydroxyl groups is 1. The molecule has 1 aromatic carbocycles. The van der Waals surface area contributed by atoms with Crippen LogP contribution in [0.25, 0.3) is 11.0 Å². The molecule has 1 atom stereocenters. The van der Waals surface area contributed by atoms with Crippen molar-refractivity contribution in [2.24, 2.45) is 5.92 Å². The maximum absolute atomic E-state index is 13.2. The maximum atomic E-state index is 13.2. The highest BCUT2D eigenvalue weighted by atomic mass is 35.5. The number of anilines is 2. The van der Waals surface area contributed by atoms with Crippen LogP contribution >= 0.6 is 11.6 Å². The van der Waals surface area contributed by atoms with Crippen molar-refractivity contribution < 1.29 is 29.0 Å². The number of carbonyl (C=O) groups excluding carboxylic acids is 1. The molecule has 14 nitrogen and oxygen atoms in total. The van der Waals surface area contributed by atoms with E-state index in [2.05, 4.69) is 36.3 Å². The summed E-state index contributed by atoms with van der Waals surface area (Å²) >= 11 is 6.03. The lowest BCUT2D eigenvalue weighted by molar-refractivity contribution is -0.687. The highest BCUT2D eigenvalue weighted by Crippen LogP contribution is 2.24. The Labute approximate surface area is 284 Å². The van der Waals surface area contributed by atoms with Crippen molar-refractivity contribution in [3.05, 3.63) is 58.4 Å². The molecule has 0 saturated carbocycles. The lowest BCUT2D eigenvalue weighted by Gasteiger charge is -2.25. The molecule has 0 spiro atoms. The van der Waals surface area contributed by atoms with E-state index in [1.165, 1.54) is 6.07 Å². The van der Waals surface area contributed by atoms with E-state index in [4.69, 9.17) is 32.5 Å². The van der Waals surface area contributed by atoms with Crippen LogP contribution in [0.2, 0.25) is 5.15 Å². The van der Waals surface area contributed by atoms with Crippen LogP contribution in [0.5, 0.6) is 11.5 Å². The predicted molar refractivity (Wildman–Crippen MR) is 179 cm³/mol. The van der Waals surface area contributed by atoms with Gasteiger partial charge in [-0.25, -0.2) is 19.1 Å². The minimum Gasteiger partial charge on any atom is -0.871 e. The summed E-state index contributed by atoms with van der Waals surface area (Å²) in [6.07, 6.45) is 1.31. The third-order valence-corrected chi connectivity index (χ3v) is 8.70. The average molecular weight is 682 g/mol. The smallest absolute Gasteiger partial charge is 0.277 e. The lowest BCUT2D eigenvalue weighted by atomic mass is 10.0. The number of nitrogens with two attached hydrogens (primary N) is 2. The molecule has 4 aromatic rings. The minimum absolute atomic E-state index is 0.0419. The number of nitrogens with zero attached hydrogens (tertiary/aromatic N) is 6. The number of aliphatic hydroxyl groups excluding tert-OH is 1. The Kier molecular flexibility index (Phi) is 11.5. The Bertz CT molecular complexity index is 1740. The summed E-state index contributed by atoms with van der Waals surface area (Å²) in [5.74, 6) is 1.22. The van der Waals surface area contributed by atoms with Crippen LogP contribution in [0.1, 0.15) is 54.4 Å². The number of aromatic nitrogens is 5. The molecule has 258 valence electrons. The number of aryl methyl sites for hydroxylation is 2. The van der Waals surface area contributed by atoms with Gasteiger partial charge in [0.25, 0.3) is 11.7 Å². The van der Waals surface area contributed by atoms with Gasteiger partial charge in [-0.3, -0.25) is 14.7 Å². The van der Waals surface area contributed by atoms with E-state index in [0.29, 0.717) is 50.1 Å². The molecular weight excluding hydrogens is 638 g/mol. The molecule has 0 radical (unpaired) electrons. The Hall–Kier alpha value is -4.24. The maximum Gasteiger partial charge on any atom is 0.277 e. The van der Waals surface area contributed by atoms with Gasteiger partial charge in [0.2, 0.25) is 0 Å². The van der Waals surface area contributed by atoms with Crippen LogP contribution in [-0.4, -0.2) is 74.4 Å². The van der Waals surface area contributed by atoms with Gasteiger partial charge < -0.3 is 36.5 Å². The summed E-state index contributed by atoms with van der Waals surface area (Å²) in [5.41, 5.74) is 14.7. The molecule has 0 unspecified atom stereocenters. The van der Waals surface area contributed by atoms with Crippen LogP contribution in [0, 0.1) is 12.8 Å². The first-order valence-corrected chi connectivity index (χ1v) is 16.6. The van der Waals surface area contributed by atoms with E-state index >= 15 is 0 Å². The number of pyridine rings is 1. The van der Waals surface area contributed by atoms with E-state index < -0.39 is 12.0 Å². The molecule has 48 heavy (non-hydrogen) atoms. The molecule has 1 amide bonds. The summed E-state index contributed by atoms with van der Waals surface area (Å²) < 4.78 is 16.2. The molecule has 1 aliphatic rings. The first-order chi connectivity index (χ1) is 23.0. The number of hydrogen-bond acceptors (Lipinski definition) is 11. The standard InChI is InChI=1S/C33H44ClN9O5/c1-4-42-26-15-23(48-14-11-41(17-21(3)44)19-24-27(45)8-5-20(2)38-24)6-7-25(26)43(18-22-9-12-47-13-10-22)28(42)16-37-33(46)29-31(35)40-32(36)30(34)39-29/h5-8,15,21-22,44H,4,9-14,16-19H2,1-3H3,(H5-,35,36,37,40,45,46)/t21-/m0/s1. The van der Waals surface area contributed by atoms with Crippen molar-refractivity contribution in [1.29, 1.82) is 0 Å². The third-order valence-electron chi connectivity index (χ3n) is 8.42. The number of carbonyl (C=O) groups is 1. The molecule has 6 N–H and O–H groups in total. The first kappa shape index (κ1) is 35.1. The summed E-state index contributed by atoms with van der Waals surface area (Å²) in [6, 6.07) is 9.21. The highest BCUT2D eigenvalue weighted by Gasteiger charge is 2.29. The monoisotopic (exact) mass is 681 g/mol. The van der Waals surface area contributed by atoms with Crippen LogP contribution in [0.4, 0.5) is 11.6 Å². The van der Waals surface area contributed by atoms with Crippen molar-refractivity contribution in [3.8, 4) is 11.5 Å². The summed E-state index contributed by atoms with van der Waals surface area (Å²) in [4.78, 5) is 27.5. The molecule has 1 fully saturated rings. The zero-order valence-electron chi connectivity index (χ0n) is 27.6. The summed E-state index contributed by atoms with van der Waals surface area (Å²) in [6.45, 7) is 10.2. The normalized spacial score (nSPS) is 14.5. The molecule has 0 bridgehead atoms. The van der Waals surface area contributed by atoms with Crippen LogP contribution in [0.3, 0.4) is 0 Å². The van der Waals surface area contributed by atoms with Crippen molar-refractivity contribution >= 4 is 40.2 Å². The Morgan fingerprint density at radius 2 is 2.00 bits per heavy atom. The Morgan fingerprint density at radius 3 is 2.73 bits per heavy atom. The van der Waals surface area contributed by atoms with Crippen molar-refractivity contribution in [1.82, 2.24) is 29.7 Å². The van der Waals surface area contributed by atoms with Crippen LogP contribution < -0.4 is 31.2 Å².